The summed E-state index contributed by atoms with van der Waals surface area (Å²) in [5.41, 5.74) is 1.33. The van der Waals surface area contributed by atoms with Gasteiger partial charge in [-0.1, -0.05) is 38.1 Å². The molecule has 108 valence electrons. The quantitative estimate of drug-likeness (QED) is 0.728. The van der Waals surface area contributed by atoms with E-state index in [0.717, 1.165) is 18.7 Å². The van der Waals surface area contributed by atoms with Crippen LogP contribution in [0.2, 0.25) is 0 Å². The van der Waals surface area contributed by atoms with Crippen molar-refractivity contribution in [3.8, 4) is 0 Å². The topological polar surface area (TPSA) is 24.9 Å². The van der Waals surface area contributed by atoms with Gasteiger partial charge < -0.3 is 5.32 Å². The van der Waals surface area contributed by atoms with E-state index in [1.165, 1.54) is 28.5 Å². The summed E-state index contributed by atoms with van der Waals surface area (Å²) < 4.78 is 0. The second-order valence-electron chi connectivity index (χ2n) is 5.03. The Balaban J connectivity index is 2.24. The van der Waals surface area contributed by atoms with E-state index < -0.39 is 0 Å². The molecule has 0 saturated carbocycles. The third-order valence-electron chi connectivity index (χ3n) is 3.35. The zero-order chi connectivity index (χ0) is 14.2. The molecule has 0 aliphatic carbocycles. The predicted octanol–water partition coefficient (Wildman–Crippen LogP) is 4.42. The smallest absolute Gasteiger partial charge is 0.0433 e. The van der Waals surface area contributed by atoms with Gasteiger partial charge in [-0.25, -0.2) is 0 Å². The van der Waals surface area contributed by atoms with Gasteiger partial charge in [0.1, 0.15) is 0 Å². The van der Waals surface area contributed by atoms with Crippen LogP contribution in [0, 0.1) is 0 Å². The van der Waals surface area contributed by atoms with Crippen LogP contribution in [0.5, 0.6) is 0 Å². The number of benzene rings is 1. The van der Waals surface area contributed by atoms with E-state index in [1.807, 2.05) is 24.2 Å². The van der Waals surface area contributed by atoms with E-state index in [9.17, 15) is 0 Å². The highest BCUT2D eigenvalue weighted by atomic mass is 32.2. The van der Waals surface area contributed by atoms with Crippen LogP contribution in [0.15, 0.2) is 36.7 Å². The third kappa shape index (κ3) is 3.97. The van der Waals surface area contributed by atoms with Gasteiger partial charge in [0.05, 0.1) is 0 Å². The molecule has 1 atom stereocenters. The summed E-state index contributed by atoms with van der Waals surface area (Å²) in [5.74, 6) is 2.34. The summed E-state index contributed by atoms with van der Waals surface area (Å²) in [4.78, 5) is 4.42. The largest absolute Gasteiger partial charge is 0.309 e. The van der Waals surface area contributed by atoms with Crippen LogP contribution in [0.3, 0.4) is 0 Å². The molecule has 0 aliphatic heterocycles. The predicted molar refractivity (Wildman–Crippen MR) is 90.4 cm³/mol. The molecule has 1 aromatic heterocycles. The maximum atomic E-state index is 4.42. The van der Waals surface area contributed by atoms with E-state index in [0.29, 0.717) is 6.04 Å². The third-order valence-corrected chi connectivity index (χ3v) is 4.61. The number of thioether (sulfide) groups is 1. The molecule has 0 saturated heterocycles. The monoisotopic (exact) mass is 288 g/mol. The molecule has 3 heteroatoms. The number of fused-ring (bicyclic) bond motifs is 1. The summed E-state index contributed by atoms with van der Waals surface area (Å²) >= 11 is 2.02. The molecular weight excluding hydrogens is 264 g/mol. The second kappa shape index (κ2) is 8.28. The number of hydrogen-bond acceptors (Lipinski definition) is 3. The Morgan fingerprint density at radius 3 is 2.80 bits per heavy atom. The standard InChI is InChI=1S/C17H24N2S/c1-3-9-19-17(13-20-10-4-2)16-12-18-11-14-7-5-6-8-15(14)16/h5-8,11-12,17,19H,3-4,9-10,13H2,1-2H3. The highest BCUT2D eigenvalue weighted by Gasteiger charge is 2.13. The van der Waals surface area contributed by atoms with Crippen LogP contribution < -0.4 is 5.32 Å². The number of hydrogen-bond donors (Lipinski definition) is 1. The lowest BCUT2D eigenvalue weighted by Crippen LogP contribution is -2.24. The van der Waals surface area contributed by atoms with Crippen LogP contribution in [0.25, 0.3) is 10.8 Å². The lowest BCUT2D eigenvalue weighted by atomic mass is 10.0. The summed E-state index contributed by atoms with van der Waals surface area (Å²) in [6.07, 6.45) is 6.38. The molecule has 0 aliphatic rings. The van der Waals surface area contributed by atoms with E-state index in [2.05, 4.69) is 48.4 Å². The molecule has 1 unspecified atom stereocenters. The Kier molecular flexibility index (Phi) is 6.34. The Labute approximate surface area is 126 Å². The molecular formula is C17H24N2S. The van der Waals surface area contributed by atoms with Crippen molar-refractivity contribution in [2.45, 2.75) is 32.7 Å². The summed E-state index contributed by atoms with van der Waals surface area (Å²) in [7, 11) is 0. The van der Waals surface area contributed by atoms with Crippen LogP contribution >= 0.6 is 11.8 Å². The number of pyridine rings is 1. The van der Waals surface area contributed by atoms with Crippen LogP contribution in [0.4, 0.5) is 0 Å². The number of rotatable bonds is 8. The van der Waals surface area contributed by atoms with Gasteiger partial charge in [-0.15, -0.1) is 0 Å². The van der Waals surface area contributed by atoms with Gasteiger partial charge in [-0.2, -0.15) is 11.8 Å². The molecule has 2 nitrogen and oxygen atoms in total. The molecule has 20 heavy (non-hydrogen) atoms. The molecule has 1 heterocycles. The van der Waals surface area contributed by atoms with Crippen molar-refractivity contribution in [2.24, 2.45) is 0 Å². The molecule has 1 aromatic carbocycles. The van der Waals surface area contributed by atoms with Crippen molar-refractivity contribution in [1.29, 1.82) is 0 Å². The average Bonchev–Trinajstić information content (AvgIpc) is 2.50. The molecule has 0 radical (unpaired) electrons. The summed E-state index contributed by atoms with van der Waals surface area (Å²) in [6, 6.07) is 8.93. The summed E-state index contributed by atoms with van der Waals surface area (Å²) in [6.45, 7) is 5.51. The Bertz CT molecular complexity index is 522. The first kappa shape index (κ1) is 15.3. The lowest BCUT2D eigenvalue weighted by molar-refractivity contribution is 0.579. The van der Waals surface area contributed by atoms with Gasteiger partial charge in [0.25, 0.3) is 0 Å². The van der Waals surface area contributed by atoms with Gasteiger partial charge in [0.2, 0.25) is 0 Å². The SMILES string of the molecule is CCCNC(CSCCC)c1cncc2ccccc12. The normalized spacial score (nSPS) is 12.7. The molecule has 0 spiro atoms. The van der Waals surface area contributed by atoms with Gasteiger partial charge in [0.15, 0.2) is 0 Å². The molecule has 2 rings (SSSR count). The molecule has 0 fully saturated rings. The average molecular weight is 288 g/mol. The Morgan fingerprint density at radius 1 is 1.15 bits per heavy atom. The maximum Gasteiger partial charge on any atom is 0.0433 e. The maximum absolute atomic E-state index is 4.42. The first-order chi connectivity index (χ1) is 9.86. The van der Waals surface area contributed by atoms with Gasteiger partial charge >= 0.3 is 0 Å². The van der Waals surface area contributed by atoms with E-state index in [4.69, 9.17) is 0 Å². The minimum absolute atomic E-state index is 0.394. The zero-order valence-electron chi connectivity index (χ0n) is 12.4. The fourth-order valence-corrected chi connectivity index (χ4v) is 3.33. The minimum Gasteiger partial charge on any atom is -0.309 e. The minimum atomic E-state index is 0.394. The fraction of sp³-hybridized carbons (Fsp3) is 0.471. The number of nitrogens with one attached hydrogen (secondary N) is 1. The van der Waals surface area contributed by atoms with E-state index in [-0.39, 0.29) is 0 Å². The van der Waals surface area contributed by atoms with Crippen molar-refractivity contribution >= 4 is 22.5 Å². The molecule has 0 bridgehead atoms. The first-order valence-electron chi connectivity index (χ1n) is 7.50. The van der Waals surface area contributed by atoms with Crippen LogP contribution in [-0.4, -0.2) is 23.0 Å². The molecule has 1 N–H and O–H groups in total. The van der Waals surface area contributed by atoms with Crippen molar-refractivity contribution in [2.75, 3.05) is 18.1 Å². The first-order valence-corrected chi connectivity index (χ1v) is 8.66. The highest BCUT2D eigenvalue weighted by Crippen LogP contribution is 2.26. The molecule has 0 amide bonds. The van der Waals surface area contributed by atoms with Crippen LogP contribution in [-0.2, 0) is 0 Å². The Hall–Kier alpha value is -1.06. The van der Waals surface area contributed by atoms with Crippen LogP contribution in [0.1, 0.15) is 38.3 Å². The van der Waals surface area contributed by atoms with E-state index in [1.54, 1.807) is 0 Å². The lowest BCUT2D eigenvalue weighted by Gasteiger charge is -2.20. The van der Waals surface area contributed by atoms with Gasteiger partial charge in [0, 0.05) is 29.6 Å². The number of nitrogens with zero attached hydrogens (tertiary/aromatic N) is 1. The van der Waals surface area contributed by atoms with E-state index >= 15 is 0 Å². The van der Waals surface area contributed by atoms with Crippen molar-refractivity contribution in [1.82, 2.24) is 10.3 Å². The van der Waals surface area contributed by atoms with Gasteiger partial charge in [-0.05, 0) is 36.1 Å². The zero-order valence-corrected chi connectivity index (χ0v) is 13.2. The Morgan fingerprint density at radius 2 is 2.00 bits per heavy atom. The van der Waals surface area contributed by atoms with Gasteiger partial charge in [-0.3, -0.25) is 4.98 Å². The second-order valence-corrected chi connectivity index (χ2v) is 6.18. The fourth-order valence-electron chi connectivity index (χ4n) is 2.34. The van der Waals surface area contributed by atoms with Crippen molar-refractivity contribution < 1.29 is 0 Å². The number of aromatic nitrogens is 1. The van der Waals surface area contributed by atoms with Crippen molar-refractivity contribution in [3.05, 3.63) is 42.2 Å². The highest BCUT2D eigenvalue weighted by molar-refractivity contribution is 7.99. The molecule has 2 aromatic rings. The summed E-state index contributed by atoms with van der Waals surface area (Å²) in [5, 5.41) is 6.23. The van der Waals surface area contributed by atoms with Crippen molar-refractivity contribution in [3.63, 3.8) is 0 Å².